The van der Waals surface area contributed by atoms with Crippen molar-refractivity contribution in [3.63, 3.8) is 0 Å². The van der Waals surface area contributed by atoms with Crippen molar-refractivity contribution in [3.05, 3.63) is 77.5 Å². The Morgan fingerprint density at radius 1 is 1.23 bits per heavy atom. The highest BCUT2D eigenvalue weighted by atomic mass is 16.8. The van der Waals surface area contributed by atoms with E-state index in [0.717, 1.165) is 47.6 Å². The first-order valence-corrected chi connectivity index (χ1v) is 13.4. The third-order valence-electron chi connectivity index (χ3n) is 7.51. The number of allylic oxidation sites excluding steroid dienone is 4. The molecule has 1 fully saturated rings. The Hall–Kier alpha value is -4.05. The van der Waals surface area contributed by atoms with Gasteiger partial charge >= 0.3 is 6.09 Å². The summed E-state index contributed by atoms with van der Waals surface area (Å²) in [5.74, 6) is 0.889. The SMILES string of the molecule is COC(=O)NC(C(=O)N1CCCC1c1ncc(C2=CCC(c3ccc(C4=CN(C)ON4)cc3)C=C2)[nH]1)C(C)C. The second-order valence-corrected chi connectivity index (χ2v) is 10.5. The van der Waals surface area contributed by atoms with E-state index in [9.17, 15) is 9.59 Å². The fourth-order valence-corrected chi connectivity index (χ4v) is 5.31. The summed E-state index contributed by atoms with van der Waals surface area (Å²) >= 11 is 0. The zero-order chi connectivity index (χ0) is 27.5. The lowest BCUT2D eigenvalue weighted by Gasteiger charge is -2.30. The number of nitrogens with one attached hydrogen (secondary N) is 3. The van der Waals surface area contributed by atoms with Crippen LogP contribution in [0.4, 0.5) is 4.79 Å². The van der Waals surface area contributed by atoms with Crippen LogP contribution < -0.4 is 10.8 Å². The van der Waals surface area contributed by atoms with Gasteiger partial charge in [-0.15, -0.1) is 0 Å². The minimum atomic E-state index is -0.650. The molecule has 10 nitrogen and oxygen atoms in total. The Labute approximate surface area is 228 Å². The monoisotopic (exact) mass is 532 g/mol. The van der Waals surface area contributed by atoms with Gasteiger partial charge in [-0.2, -0.15) is 4.94 Å². The number of alkyl carbamates (subject to hydrolysis) is 1. The summed E-state index contributed by atoms with van der Waals surface area (Å²) in [7, 11) is 3.14. The number of aromatic amines is 1. The van der Waals surface area contributed by atoms with Gasteiger partial charge in [-0.1, -0.05) is 56.3 Å². The molecule has 3 aliphatic rings. The van der Waals surface area contributed by atoms with Gasteiger partial charge in [-0.25, -0.2) is 20.3 Å². The smallest absolute Gasteiger partial charge is 0.407 e. The van der Waals surface area contributed by atoms with Crippen molar-refractivity contribution in [2.75, 3.05) is 20.7 Å². The van der Waals surface area contributed by atoms with Crippen LogP contribution >= 0.6 is 0 Å². The van der Waals surface area contributed by atoms with E-state index in [1.807, 2.05) is 38.2 Å². The van der Waals surface area contributed by atoms with Crippen LogP contribution in [0, 0.1) is 5.92 Å². The molecule has 1 saturated heterocycles. The van der Waals surface area contributed by atoms with E-state index >= 15 is 0 Å². The molecule has 3 unspecified atom stereocenters. The van der Waals surface area contributed by atoms with Gasteiger partial charge in [-0.05, 0) is 36.3 Å². The molecular weight excluding hydrogens is 496 g/mol. The van der Waals surface area contributed by atoms with E-state index in [1.165, 1.54) is 12.7 Å². The normalized spacial score (nSPS) is 21.5. The van der Waals surface area contributed by atoms with E-state index in [0.29, 0.717) is 12.5 Å². The van der Waals surface area contributed by atoms with Crippen LogP contribution in [0.5, 0.6) is 0 Å². The second kappa shape index (κ2) is 11.4. The average molecular weight is 533 g/mol. The Bertz CT molecular complexity index is 1300. The predicted octanol–water partition coefficient (Wildman–Crippen LogP) is 4.26. The van der Waals surface area contributed by atoms with Gasteiger partial charge in [0.1, 0.15) is 11.9 Å². The standard InChI is InChI=1S/C29H36N6O4/c1-18(2)26(32-29(37)38-4)28(36)35-15-5-6-25(35)27-30-16-23(31-27)21-11-7-19(8-12-21)20-9-13-22(14-10-20)24-17-34(3)39-33-24/h7,9-14,16-19,25-26,33H,5-6,8,15H2,1-4H3,(H,30,31)(H,32,37). The highest BCUT2D eigenvalue weighted by Gasteiger charge is 2.37. The van der Waals surface area contributed by atoms with Crippen molar-refractivity contribution in [1.29, 1.82) is 0 Å². The van der Waals surface area contributed by atoms with Crippen molar-refractivity contribution in [2.45, 2.75) is 51.1 Å². The largest absolute Gasteiger partial charge is 0.453 e. The summed E-state index contributed by atoms with van der Waals surface area (Å²) in [6.07, 6.45) is 12.3. The maximum Gasteiger partial charge on any atom is 0.407 e. The van der Waals surface area contributed by atoms with Gasteiger partial charge in [0.15, 0.2) is 0 Å². The molecule has 1 aromatic heterocycles. The topological polar surface area (TPSA) is 112 Å². The quantitative estimate of drug-likeness (QED) is 0.489. The number of hydrogen-bond acceptors (Lipinski definition) is 7. The molecule has 0 bridgehead atoms. The number of nitrogens with zero attached hydrogens (tertiary/aromatic N) is 3. The number of methoxy groups -OCH3 is 1. The van der Waals surface area contributed by atoms with Crippen molar-refractivity contribution in [2.24, 2.45) is 5.92 Å². The third kappa shape index (κ3) is 5.70. The van der Waals surface area contributed by atoms with Crippen LogP contribution in [0.15, 0.2) is 54.9 Å². The minimum Gasteiger partial charge on any atom is -0.453 e. The van der Waals surface area contributed by atoms with Gasteiger partial charge in [0.2, 0.25) is 5.91 Å². The fourth-order valence-electron chi connectivity index (χ4n) is 5.31. The molecule has 3 heterocycles. The van der Waals surface area contributed by atoms with E-state index in [2.05, 4.69) is 63.3 Å². The highest BCUT2D eigenvalue weighted by molar-refractivity contribution is 5.86. The van der Waals surface area contributed by atoms with Crippen molar-refractivity contribution in [3.8, 4) is 0 Å². The molecule has 2 amide bonds. The van der Waals surface area contributed by atoms with Crippen LogP contribution in [0.3, 0.4) is 0 Å². The van der Waals surface area contributed by atoms with Gasteiger partial charge in [0.05, 0.1) is 36.9 Å². The predicted molar refractivity (Wildman–Crippen MR) is 147 cm³/mol. The molecule has 2 aromatic rings. The molecule has 10 heteroatoms. The molecule has 1 aliphatic carbocycles. The molecule has 0 spiro atoms. The van der Waals surface area contributed by atoms with E-state index in [1.54, 1.807) is 5.06 Å². The first-order chi connectivity index (χ1) is 18.8. The Morgan fingerprint density at radius 2 is 2.03 bits per heavy atom. The number of hydrogen-bond donors (Lipinski definition) is 3. The summed E-state index contributed by atoms with van der Waals surface area (Å²) in [5.41, 5.74) is 8.19. The van der Waals surface area contributed by atoms with Gasteiger partial charge in [-0.3, -0.25) is 4.79 Å². The van der Waals surface area contributed by atoms with Gasteiger partial charge < -0.3 is 19.9 Å². The van der Waals surface area contributed by atoms with Crippen LogP contribution in [0.2, 0.25) is 0 Å². The van der Waals surface area contributed by atoms with Crippen LogP contribution in [0.1, 0.15) is 67.7 Å². The first kappa shape index (κ1) is 26.6. The molecule has 0 saturated carbocycles. The zero-order valence-electron chi connectivity index (χ0n) is 22.8. The lowest BCUT2D eigenvalue weighted by Crippen LogP contribution is -2.51. The lowest BCUT2D eigenvalue weighted by atomic mass is 9.89. The number of likely N-dealkylation sites (tertiary alicyclic amines) is 1. The molecule has 0 radical (unpaired) electrons. The number of imidazole rings is 1. The highest BCUT2D eigenvalue weighted by Crippen LogP contribution is 2.34. The zero-order valence-corrected chi connectivity index (χ0v) is 22.8. The van der Waals surface area contributed by atoms with Crippen LogP contribution in [-0.2, 0) is 14.5 Å². The average Bonchev–Trinajstić information content (AvgIpc) is 3.72. The summed E-state index contributed by atoms with van der Waals surface area (Å²) in [4.78, 5) is 40.4. The number of carbonyl (C=O) groups excluding carboxylic acids is 2. The maximum atomic E-state index is 13.4. The molecule has 1 aromatic carbocycles. The minimum absolute atomic E-state index is 0.0705. The molecule has 3 N–H and O–H groups in total. The number of amides is 2. The summed E-state index contributed by atoms with van der Waals surface area (Å²) < 4.78 is 4.73. The molecule has 5 rings (SSSR count). The number of benzene rings is 1. The first-order valence-electron chi connectivity index (χ1n) is 13.4. The number of ether oxygens (including phenoxy) is 1. The van der Waals surface area contributed by atoms with Crippen molar-refractivity contribution >= 4 is 23.3 Å². The van der Waals surface area contributed by atoms with Crippen LogP contribution in [-0.4, -0.2) is 58.7 Å². The maximum absolute atomic E-state index is 13.4. The van der Waals surface area contributed by atoms with Crippen molar-refractivity contribution in [1.82, 2.24) is 30.7 Å². The summed E-state index contributed by atoms with van der Waals surface area (Å²) in [5, 5.41) is 4.33. The number of aromatic nitrogens is 2. The van der Waals surface area contributed by atoms with Gasteiger partial charge in [0, 0.05) is 25.1 Å². The molecule has 3 atom stereocenters. The van der Waals surface area contributed by atoms with E-state index < -0.39 is 12.1 Å². The summed E-state index contributed by atoms with van der Waals surface area (Å²) in [6, 6.07) is 7.71. The van der Waals surface area contributed by atoms with E-state index in [-0.39, 0.29) is 17.9 Å². The number of H-pyrrole nitrogens is 1. The second-order valence-electron chi connectivity index (χ2n) is 10.5. The number of carbonyl (C=O) groups is 2. The van der Waals surface area contributed by atoms with Crippen LogP contribution in [0.25, 0.3) is 11.3 Å². The number of rotatable bonds is 7. The van der Waals surface area contributed by atoms with Crippen molar-refractivity contribution < 1.29 is 19.3 Å². The molecule has 39 heavy (non-hydrogen) atoms. The molecular formula is C29H36N6O4. The fraction of sp³-hybridized carbons (Fsp3) is 0.414. The lowest BCUT2D eigenvalue weighted by molar-refractivity contribution is -0.135. The molecule has 206 valence electrons. The summed E-state index contributed by atoms with van der Waals surface area (Å²) in [6.45, 7) is 4.46. The molecule has 2 aliphatic heterocycles. The number of hydroxylamine groups is 3. The van der Waals surface area contributed by atoms with E-state index in [4.69, 9.17) is 9.68 Å². The Kier molecular flexibility index (Phi) is 7.74. The Balaban J connectivity index is 1.24. The third-order valence-corrected chi connectivity index (χ3v) is 7.51. The Morgan fingerprint density at radius 3 is 2.67 bits per heavy atom. The van der Waals surface area contributed by atoms with Gasteiger partial charge in [0.25, 0.3) is 0 Å².